The summed E-state index contributed by atoms with van der Waals surface area (Å²) in [5.41, 5.74) is 0.121. The fourth-order valence-corrected chi connectivity index (χ4v) is 3.26. The molecule has 0 saturated heterocycles. The number of halogens is 2. The van der Waals surface area contributed by atoms with E-state index in [1.807, 2.05) is 13.0 Å². The molecule has 22 heavy (non-hydrogen) atoms. The van der Waals surface area contributed by atoms with Gasteiger partial charge in [0.2, 0.25) is 0 Å². The van der Waals surface area contributed by atoms with Gasteiger partial charge in [0.05, 0.1) is 0 Å². The third-order valence-corrected chi connectivity index (χ3v) is 4.55. The molecule has 1 aliphatic carbocycles. The third kappa shape index (κ3) is 2.45. The van der Waals surface area contributed by atoms with Gasteiger partial charge in [0.25, 0.3) is 0 Å². The summed E-state index contributed by atoms with van der Waals surface area (Å²) in [5, 5.41) is 3.11. The number of aryl methyl sites for hydroxylation is 1. The van der Waals surface area contributed by atoms with Crippen LogP contribution in [-0.2, 0) is 5.54 Å². The minimum absolute atomic E-state index is 0.0960. The van der Waals surface area contributed by atoms with Crippen LogP contribution in [0.3, 0.4) is 0 Å². The Morgan fingerprint density at radius 2 is 1.95 bits per heavy atom. The Labute approximate surface area is 128 Å². The molecule has 1 aliphatic rings. The van der Waals surface area contributed by atoms with E-state index >= 15 is 0 Å². The van der Waals surface area contributed by atoms with Crippen molar-refractivity contribution in [2.45, 2.75) is 38.6 Å². The lowest BCUT2D eigenvalue weighted by Crippen LogP contribution is -2.40. The fourth-order valence-electron chi connectivity index (χ4n) is 3.26. The topological polar surface area (TPSA) is 37.8 Å². The van der Waals surface area contributed by atoms with Crippen LogP contribution < -0.4 is 5.32 Å². The Morgan fingerprint density at radius 3 is 2.55 bits per heavy atom. The van der Waals surface area contributed by atoms with Crippen LogP contribution >= 0.6 is 0 Å². The quantitative estimate of drug-likeness (QED) is 0.924. The van der Waals surface area contributed by atoms with Crippen LogP contribution in [-0.4, -0.2) is 9.97 Å². The van der Waals surface area contributed by atoms with Crippen LogP contribution in [0.25, 0.3) is 0 Å². The zero-order valence-corrected chi connectivity index (χ0v) is 12.7. The molecule has 1 aromatic heterocycles. The first-order valence-corrected chi connectivity index (χ1v) is 7.55. The van der Waals surface area contributed by atoms with Gasteiger partial charge in [-0.25, -0.2) is 18.7 Å². The normalized spacial score (nSPS) is 24.5. The average molecular weight is 303 g/mol. The summed E-state index contributed by atoms with van der Waals surface area (Å²) in [4.78, 5) is 8.90. The zero-order chi connectivity index (χ0) is 15.7. The molecule has 3 rings (SSSR count). The molecule has 0 amide bonds. The minimum Gasteiger partial charge on any atom is -0.368 e. The molecular weight excluding hydrogens is 284 g/mol. The monoisotopic (exact) mass is 303 g/mol. The number of nitrogens with zero attached hydrogens (tertiary/aromatic N) is 2. The van der Waals surface area contributed by atoms with Crippen molar-refractivity contribution in [3.63, 3.8) is 0 Å². The van der Waals surface area contributed by atoms with E-state index in [0.29, 0.717) is 5.82 Å². The zero-order valence-electron chi connectivity index (χ0n) is 12.7. The standard InChI is InChI=1S/C17H19F2N3/c1-11-5-4-9-17(11,16-20-10-8-12(2)21-16)22-15-13(18)6-3-7-14(15)19/h3,6-8,10-11,22H,4-5,9H2,1-2H3. The van der Waals surface area contributed by atoms with Gasteiger partial charge >= 0.3 is 0 Å². The van der Waals surface area contributed by atoms with Crippen molar-refractivity contribution in [3.8, 4) is 0 Å². The first-order valence-electron chi connectivity index (χ1n) is 7.55. The van der Waals surface area contributed by atoms with E-state index in [1.54, 1.807) is 6.20 Å². The summed E-state index contributed by atoms with van der Waals surface area (Å²) >= 11 is 0. The SMILES string of the molecule is Cc1ccnc(C2(Nc3c(F)cccc3F)CCCC2C)n1. The predicted octanol–water partition coefficient (Wildman–Crippen LogP) is 4.19. The van der Waals surface area contributed by atoms with Crippen molar-refractivity contribution in [2.24, 2.45) is 5.92 Å². The smallest absolute Gasteiger partial charge is 0.154 e. The van der Waals surface area contributed by atoms with Crippen molar-refractivity contribution in [3.05, 3.63) is 53.6 Å². The lowest BCUT2D eigenvalue weighted by atomic mass is 9.86. The van der Waals surface area contributed by atoms with Crippen molar-refractivity contribution < 1.29 is 8.78 Å². The second-order valence-electron chi connectivity index (χ2n) is 6.01. The summed E-state index contributed by atoms with van der Waals surface area (Å²) in [6.45, 7) is 3.96. The number of anilines is 1. The van der Waals surface area contributed by atoms with Crippen molar-refractivity contribution in [2.75, 3.05) is 5.32 Å². The average Bonchev–Trinajstić information content (AvgIpc) is 2.85. The van der Waals surface area contributed by atoms with Crippen LogP contribution in [0.4, 0.5) is 14.5 Å². The van der Waals surface area contributed by atoms with E-state index in [9.17, 15) is 8.78 Å². The summed E-state index contributed by atoms with van der Waals surface area (Å²) < 4.78 is 28.1. The van der Waals surface area contributed by atoms with Crippen molar-refractivity contribution in [1.82, 2.24) is 9.97 Å². The number of hydrogen-bond donors (Lipinski definition) is 1. The lowest BCUT2D eigenvalue weighted by Gasteiger charge is -2.34. The molecule has 1 aromatic carbocycles. The first kappa shape index (κ1) is 14.9. The van der Waals surface area contributed by atoms with Gasteiger partial charge in [0.1, 0.15) is 22.9 Å². The fraction of sp³-hybridized carbons (Fsp3) is 0.412. The molecule has 5 heteroatoms. The van der Waals surface area contributed by atoms with E-state index in [0.717, 1.165) is 25.0 Å². The van der Waals surface area contributed by atoms with E-state index in [4.69, 9.17) is 0 Å². The van der Waals surface area contributed by atoms with E-state index in [1.165, 1.54) is 18.2 Å². The Kier molecular flexibility index (Phi) is 3.81. The summed E-state index contributed by atoms with van der Waals surface area (Å²) in [6, 6.07) is 5.70. The van der Waals surface area contributed by atoms with Gasteiger partial charge in [0.15, 0.2) is 5.82 Å². The maximum atomic E-state index is 14.1. The molecule has 2 unspecified atom stereocenters. The Morgan fingerprint density at radius 1 is 1.23 bits per heavy atom. The molecule has 3 nitrogen and oxygen atoms in total. The number of aromatic nitrogens is 2. The van der Waals surface area contributed by atoms with Crippen LogP contribution in [0.1, 0.15) is 37.7 Å². The Balaban J connectivity index is 2.08. The maximum absolute atomic E-state index is 14.1. The largest absolute Gasteiger partial charge is 0.368 e. The number of para-hydroxylation sites is 1. The Bertz CT molecular complexity index is 669. The summed E-state index contributed by atoms with van der Waals surface area (Å²) in [5.74, 6) is -0.384. The summed E-state index contributed by atoms with van der Waals surface area (Å²) in [6.07, 6.45) is 4.40. The Hall–Kier alpha value is -2.04. The number of rotatable bonds is 3. The lowest BCUT2D eigenvalue weighted by molar-refractivity contribution is 0.358. The highest BCUT2D eigenvalue weighted by Gasteiger charge is 2.45. The highest BCUT2D eigenvalue weighted by molar-refractivity contribution is 5.50. The second-order valence-corrected chi connectivity index (χ2v) is 6.01. The van der Waals surface area contributed by atoms with Gasteiger partial charge in [-0.15, -0.1) is 0 Å². The predicted molar refractivity (Wildman–Crippen MR) is 81.4 cm³/mol. The number of hydrogen-bond acceptors (Lipinski definition) is 3. The van der Waals surface area contributed by atoms with Crippen molar-refractivity contribution in [1.29, 1.82) is 0 Å². The van der Waals surface area contributed by atoms with Gasteiger partial charge in [-0.2, -0.15) is 0 Å². The van der Waals surface area contributed by atoms with Gasteiger partial charge in [-0.1, -0.05) is 19.4 Å². The van der Waals surface area contributed by atoms with Crippen LogP contribution in [0.5, 0.6) is 0 Å². The molecule has 0 aliphatic heterocycles. The van der Waals surface area contributed by atoms with Gasteiger partial charge in [-0.3, -0.25) is 0 Å². The van der Waals surface area contributed by atoms with Crippen LogP contribution in [0.15, 0.2) is 30.5 Å². The maximum Gasteiger partial charge on any atom is 0.154 e. The molecule has 0 spiro atoms. The highest BCUT2D eigenvalue weighted by Crippen LogP contribution is 2.45. The van der Waals surface area contributed by atoms with Gasteiger partial charge in [-0.05, 0) is 43.9 Å². The highest BCUT2D eigenvalue weighted by atomic mass is 19.1. The molecule has 2 aromatic rings. The van der Waals surface area contributed by atoms with E-state index in [-0.39, 0.29) is 11.6 Å². The first-order chi connectivity index (χ1) is 10.5. The van der Waals surface area contributed by atoms with Crippen molar-refractivity contribution >= 4 is 5.69 Å². The van der Waals surface area contributed by atoms with E-state index in [2.05, 4.69) is 22.2 Å². The third-order valence-electron chi connectivity index (χ3n) is 4.55. The molecule has 0 bridgehead atoms. The second kappa shape index (κ2) is 5.63. The molecule has 1 fully saturated rings. The summed E-state index contributed by atoms with van der Waals surface area (Å²) in [7, 11) is 0. The van der Waals surface area contributed by atoms with Gasteiger partial charge in [0, 0.05) is 11.9 Å². The number of benzene rings is 1. The molecule has 1 saturated carbocycles. The number of nitrogens with one attached hydrogen (secondary N) is 1. The molecule has 116 valence electrons. The molecular formula is C17H19F2N3. The molecule has 0 radical (unpaired) electrons. The minimum atomic E-state index is -0.630. The molecule has 1 N–H and O–H groups in total. The molecule has 2 atom stereocenters. The van der Waals surface area contributed by atoms with E-state index < -0.39 is 17.2 Å². The van der Waals surface area contributed by atoms with Crippen LogP contribution in [0, 0.1) is 24.5 Å². The van der Waals surface area contributed by atoms with Gasteiger partial charge < -0.3 is 5.32 Å². The van der Waals surface area contributed by atoms with Crippen LogP contribution in [0.2, 0.25) is 0 Å². The molecule has 1 heterocycles.